The molecule has 50 heavy (non-hydrogen) atoms. The second-order valence-corrected chi connectivity index (χ2v) is 14.0. The summed E-state index contributed by atoms with van der Waals surface area (Å²) >= 11 is 0. The van der Waals surface area contributed by atoms with Crippen molar-refractivity contribution in [2.75, 3.05) is 4.90 Å². The number of hydrogen-bond acceptors (Lipinski definition) is 7. The van der Waals surface area contributed by atoms with Crippen molar-refractivity contribution in [1.82, 2.24) is 0 Å². The molecule has 2 amide bonds. The fourth-order valence-electron chi connectivity index (χ4n) is 6.94. The fraction of sp³-hybridized carbons (Fsp3) is 0.262. The highest BCUT2D eigenvalue weighted by Gasteiger charge is 2.68. The minimum Gasteiger partial charge on any atom is -0.460 e. The molecule has 0 N–H and O–H groups in total. The van der Waals surface area contributed by atoms with E-state index in [1.165, 1.54) is 0 Å². The van der Waals surface area contributed by atoms with Crippen LogP contribution in [0.15, 0.2) is 115 Å². The lowest BCUT2D eigenvalue weighted by Crippen LogP contribution is -2.53. The predicted octanol–water partition coefficient (Wildman–Crippen LogP) is 7.89. The average molecular weight is 670 g/mol. The number of ether oxygens (including phenoxy) is 2. The number of para-hydroxylation sites is 1. The van der Waals surface area contributed by atoms with E-state index in [1.807, 2.05) is 44.2 Å². The highest BCUT2D eigenvalue weighted by atomic mass is 16.6. The summed E-state index contributed by atoms with van der Waals surface area (Å²) in [6.45, 7) is 8.77. The van der Waals surface area contributed by atoms with Gasteiger partial charge in [0.25, 0.3) is 0 Å². The van der Waals surface area contributed by atoms with E-state index in [0.717, 1.165) is 16.0 Å². The summed E-state index contributed by atoms with van der Waals surface area (Å²) in [7, 11) is 0. The van der Waals surface area contributed by atoms with E-state index in [2.05, 4.69) is 0 Å². The number of nitrogens with zero attached hydrogens (tertiary/aromatic N) is 1. The maximum absolute atomic E-state index is 15.2. The van der Waals surface area contributed by atoms with E-state index in [1.54, 1.807) is 99.6 Å². The molecule has 0 radical (unpaired) electrons. The maximum Gasteiger partial charge on any atom is 0.421 e. The molecule has 8 nitrogen and oxygen atoms in total. The number of Topliss-reactive ketones (excluding diaryl/α,β-unsaturated/α-hetero) is 2. The molecule has 0 unspecified atom stereocenters. The Hall–Kier alpha value is -5.63. The zero-order valence-electron chi connectivity index (χ0n) is 28.8. The number of imide groups is 1. The lowest BCUT2D eigenvalue weighted by molar-refractivity contribution is -0.153. The Bertz CT molecular complexity index is 2010. The van der Waals surface area contributed by atoms with Gasteiger partial charge in [0.15, 0.2) is 11.6 Å². The molecule has 0 saturated carbocycles. The average Bonchev–Trinajstić information content (AvgIpc) is 3.56. The largest absolute Gasteiger partial charge is 0.460 e. The number of rotatable bonds is 8. The van der Waals surface area contributed by atoms with E-state index >= 15 is 4.79 Å². The zero-order valence-corrected chi connectivity index (χ0v) is 28.8. The minimum absolute atomic E-state index is 0.0304. The first-order valence-electron chi connectivity index (χ1n) is 16.6. The van der Waals surface area contributed by atoms with Gasteiger partial charge in [0, 0.05) is 29.0 Å². The van der Waals surface area contributed by atoms with Crippen LogP contribution in [0.2, 0.25) is 0 Å². The van der Waals surface area contributed by atoms with Crippen LogP contribution in [-0.4, -0.2) is 35.1 Å². The third-order valence-corrected chi connectivity index (χ3v) is 9.27. The monoisotopic (exact) mass is 669 g/mol. The van der Waals surface area contributed by atoms with Crippen molar-refractivity contribution in [3.8, 4) is 0 Å². The number of hydrogen-bond donors (Lipinski definition) is 0. The molecule has 1 heterocycles. The topological polar surface area (TPSA) is 107 Å². The van der Waals surface area contributed by atoms with Gasteiger partial charge >= 0.3 is 12.1 Å². The predicted molar refractivity (Wildman–Crippen MR) is 189 cm³/mol. The molecule has 254 valence electrons. The minimum atomic E-state index is -1.88. The summed E-state index contributed by atoms with van der Waals surface area (Å²) in [6.07, 6.45) is 0.430. The van der Waals surface area contributed by atoms with E-state index < -0.39 is 46.6 Å². The van der Waals surface area contributed by atoms with Crippen molar-refractivity contribution in [3.05, 3.63) is 148 Å². The highest BCUT2D eigenvalue weighted by molar-refractivity contribution is 6.25. The number of anilines is 1. The molecule has 6 rings (SSSR count). The van der Waals surface area contributed by atoms with Gasteiger partial charge in [0.1, 0.15) is 23.5 Å². The number of aryl methyl sites for hydroxylation is 2. The Morgan fingerprint density at radius 1 is 0.760 bits per heavy atom. The third-order valence-electron chi connectivity index (χ3n) is 9.27. The Morgan fingerprint density at radius 2 is 1.34 bits per heavy atom. The van der Waals surface area contributed by atoms with Crippen molar-refractivity contribution in [2.24, 2.45) is 11.8 Å². The van der Waals surface area contributed by atoms with Crippen LogP contribution in [0.3, 0.4) is 0 Å². The lowest BCUT2D eigenvalue weighted by Gasteiger charge is -2.35. The van der Waals surface area contributed by atoms with E-state index in [0.29, 0.717) is 22.3 Å². The molecule has 8 heteroatoms. The van der Waals surface area contributed by atoms with Gasteiger partial charge in [0.2, 0.25) is 5.91 Å². The first kappa shape index (κ1) is 34.2. The van der Waals surface area contributed by atoms with E-state index in [4.69, 9.17) is 9.47 Å². The number of amides is 2. The van der Waals surface area contributed by atoms with Gasteiger partial charge in [-0.15, -0.1) is 0 Å². The number of fused-ring (bicyclic) bond motifs is 2. The summed E-state index contributed by atoms with van der Waals surface area (Å²) in [5, 5.41) is 0. The van der Waals surface area contributed by atoms with Gasteiger partial charge in [-0.2, -0.15) is 0 Å². The second kappa shape index (κ2) is 13.3. The van der Waals surface area contributed by atoms with Crippen LogP contribution < -0.4 is 4.90 Å². The summed E-state index contributed by atoms with van der Waals surface area (Å²) in [6, 6.07) is 29.7. The summed E-state index contributed by atoms with van der Waals surface area (Å²) < 4.78 is 11.6. The van der Waals surface area contributed by atoms with Crippen LogP contribution in [0.5, 0.6) is 0 Å². The highest BCUT2D eigenvalue weighted by Crippen LogP contribution is 2.59. The standard InChI is InChI=1S/C42H39NO7/c1-26-15-19-29(20-16-26)35(44)24-31-23-32(37(45)30-21-17-27(2)18-22-30)36(38(46)49-25-28-11-7-6-8-12-28)42(31)33-13-9-10-14-34(33)43(39(42)47)40(48)50-41(3,4)5/h6-23,31,36H,24-25H2,1-5H3/t31-,36-,42-/m0/s1. The Balaban J connectivity index is 1.54. The first-order chi connectivity index (χ1) is 23.8. The molecule has 0 aromatic heterocycles. The van der Waals surface area contributed by atoms with Crippen LogP contribution in [0.1, 0.15) is 70.2 Å². The third kappa shape index (κ3) is 6.29. The van der Waals surface area contributed by atoms with Crippen LogP contribution >= 0.6 is 0 Å². The van der Waals surface area contributed by atoms with Crippen molar-refractivity contribution < 1.29 is 33.4 Å². The SMILES string of the molecule is Cc1ccc(C(=O)C[C@@H]2C=C(C(=O)c3ccc(C)cc3)[C@@H](C(=O)OCc3ccccc3)[C@]23C(=O)N(C(=O)OC(C)(C)C)c2ccccc23)cc1. The molecule has 1 spiro atoms. The van der Waals surface area contributed by atoms with Gasteiger partial charge in [-0.1, -0.05) is 114 Å². The second-order valence-electron chi connectivity index (χ2n) is 14.0. The lowest BCUT2D eigenvalue weighted by atomic mass is 9.64. The van der Waals surface area contributed by atoms with Crippen molar-refractivity contribution in [2.45, 2.75) is 58.7 Å². The summed E-state index contributed by atoms with van der Waals surface area (Å²) in [4.78, 5) is 73.0. The normalized spacial score (nSPS) is 19.6. The number of carbonyl (C=O) groups excluding carboxylic acids is 5. The number of allylic oxidation sites excluding steroid dienone is 1. The Labute approximate surface area is 291 Å². The first-order valence-corrected chi connectivity index (χ1v) is 16.6. The van der Waals surface area contributed by atoms with Crippen LogP contribution in [0.25, 0.3) is 0 Å². The van der Waals surface area contributed by atoms with Crippen LogP contribution in [0.4, 0.5) is 10.5 Å². The molecule has 1 aliphatic heterocycles. The fourth-order valence-corrected chi connectivity index (χ4v) is 6.94. The van der Waals surface area contributed by atoms with Gasteiger partial charge in [-0.25, -0.2) is 9.69 Å². The summed E-state index contributed by atoms with van der Waals surface area (Å²) in [5.74, 6) is -4.84. The number of ketones is 2. The maximum atomic E-state index is 15.2. The molecule has 0 bridgehead atoms. The molecule has 3 atom stereocenters. The van der Waals surface area contributed by atoms with Crippen LogP contribution in [-0.2, 0) is 31.1 Å². The zero-order chi connectivity index (χ0) is 35.8. The molecule has 0 fully saturated rings. The van der Waals surface area contributed by atoms with Crippen molar-refractivity contribution in [1.29, 1.82) is 0 Å². The molecular formula is C42H39NO7. The van der Waals surface area contributed by atoms with Crippen LogP contribution in [0, 0.1) is 25.7 Å². The number of benzene rings is 4. The molecule has 0 saturated heterocycles. The van der Waals surface area contributed by atoms with Crippen molar-refractivity contribution >= 4 is 35.2 Å². The van der Waals surface area contributed by atoms with Gasteiger partial charge in [0.05, 0.1) is 5.69 Å². The molecule has 1 aliphatic carbocycles. The smallest absolute Gasteiger partial charge is 0.421 e. The van der Waals surface area contributed by atoms with Gasteiger partial charge in [-0.3, -0.25) is 19.2 Å². The quantitative estimate of drug-likeness (QED) is 0.139. The number of carbonyl (C=O) groups is 5. The van der Waals surface area contributed by atoms with E-state index in [9.17, 15) is 19.2 Å². The van der Waals surface area contributed by atoms with Crippen molar-refractivity contribution in [3.63, 3.8) is 0 Å². The molecular weight excluding hydrogens is 630 g/mol. The Morgan fingerprint density at radius 3 is 1.96 bits per heavy atom. The van der Waals surface area contributed by atoms with Gasteiger partial charge in [-0.05, 0) is 51.8 Å². The Kier molecular flexibility index (Phi) is 9.14. The van der Waals surface area contributed by atoms with E-state index in [-0.39, 0.29) is 30.1 Å². The molecule has 4 aromatic carbocycles. The van der Waals surface area contributed by atoms with Gasteiger partial charge < -0.3 is 9.47 Å². The summed E-state index contributed by atoms with van der Waals surface area (Å²) in [5.41, 5.74) is 1.11. The molecule has 4 aromatic rings. The molecule has 2 aliphatic rings. The number of esters is 1.